The highest BCUT2D eigenvalue weighted by Gasteiger charge is 2.21. The van der Waals surface area contributed by atoms with Crippen LogP contribution >= 0.6 is 0 Å². The molecule has 0 bridgehead atoms. The SMILES string of the molecule is Cc1nc(-c2ccc(OCC(=O)N3CCN(c4ccc(F)cc4)CC3)cc2)no1. The van der Waals surface area contributed by atoms with Crippen molar-refractivity contribution < 1.29 is 18.4 Å². The molecule has 1 aliphatic rings. The summed E-state index contributed by atoms with van der Waals surface area (Å²) in [4.78, 5) is 20.6. The highest BCUT2D eigenvalue weighted by atomic mass is 19.1. The Bertz CT molecular complexity index is 964. The Hall–Kier alpha value is -3.42. The molecule has 0 N–H and O–H groups in total. The number of hydrogen-bond acceptors (Lipinski definition) is 6. The number of amides is 1. The van der Waals surface area contributed by atoms with Crippen LogP contribution in [0.4, 0.5) is 10.1 Å². The third-order valence-corrected chi connectivity index (χ3v) is 4.83. The summed E-state index contributed by atoms with van der Waals surface area (Å²) in [5.74, 6) is 1.32. The Morgan fingerprint density at radius 2 is 1.76 bits per heavy atom. The van der Waals surface area contributed by atoms with Gasteiger partial charge in [0.25, 0.3) is 5.91 Å². The number of piperazine rings is 1. The minimum absolute atomic E-state index is 0.0167. The van der Waals surface area contributed by atoms with Crippen LogP contribution in [0.3, 0.4) is 0 Å². The van der Waals surface area contributed by atoms with E-state index in [1.165, 1.54) is 12.1 Å². The standard InChI is InChI=1S/C21H21FN4O3/c1-15-23-21(24-29-15)16-2-8-19(9-3-16)28-14-20(27)26-12-10-25(11-13-26)18-6-4-17(22)5-7-18/h2-9H,10-14H2,1H3. The van der Waals surface area contributed by atoms with E-state index in [-0.39, 0.29) is 18.3 Å². The Kier molecular flexibility index (Phi) is 5.41. The van der Waals surface area contributed by atoms with Gasteiger partial charge in [0.05, 0.1) is 0 Å². The molecular weight excluding hydrogens is 375 g/mol. The number of carbonyl (C=O) groups excluding carboxylic acids is 1. The molecule has 4 rings (SSSR count). The second kappa shape index (κ2) is 8.30. The molecule has 1 saturated heterocycles. The van der Waals surface area contributed by atoms with Gasteiger partial charge in [0.1, 0.15) is 11.6 Å². The quantitative estimate of drug-likeness (QED) is 0.660. The third-order valence-electron chi connectivity index (χ3n) is 4.83. The van der Waals surface area contributed by atoms with Crippen molar-refractivity contribution in [2.75, 3.05) is 37.7 Å². The van der Waals surface area contributed by atoms with Gasteiger partial charge >= 0.3 is 0 Å². The van der Waals surface area contributed by atoms with Crippen molar-refractivity contribution in [1.29, 1.82) is 0 Å². The maximum Gasteiger partial charge on any atom is 0.260 e. The van der Waals surface area contributed by atoms with Crippen LogP contribution in [-0.4, -0.2) is 53.7 Å². The minimum atomic E-state index is -0.250. The van der Waals surface area contributed by atoms with E-state index in [2.05, 4.69) is 15.0 Å². The van der Waals surface area contributed by atoms with Crippen molar-refractivity contribution in [1.82, 2.24) is 15.0 Å². The summed E-state index contributed by atoms with van der Waals surface area (Å²) in [6.07, 6.45) is 0. The molecule has 2 heterocycles. The fourth-order valence-corrected chi connectivity index (χ4v) is 3.22. The Morgan fingerprint density at radius 1 is 1.07 bits per heavy atom. The number of carbonyl (C=O) groups is 1. The molecule has 1 fully saturated rings. The summed E-state index contributed by atoms with van der Waals surface area (Å²) in [7, 11) is 0. The van der Waals surface area contributed by atoms with E-state index in [1.54, 1.807) is 36.1 Å². The number of benzene rings is 2. The molecular formula is C21H21FN4O3. The van der Waals surface area contributed by atoms with E-state index in [9.17, 15) is 9.18 Å². The first-order valence-electron chi connectivity index (χ1n) is 9.40. The van der Waals surface area contributed by atoms with Gasteiger partial charge in [0.15, 0.2) is 6.61 Å². The monoisotopic (exact) mass is 396 g/mol. The number of aryl methyl sites for hydroxylation is 1. The van der Waals surface area contributed by atoms with E-state index in [0.29, 0.717) is 43.6 Å². The molecule has 150 valence electrons. The lowest BCUT2D eigenvalue weighted by Crippen LogP contribution is -2.50. The van der Waals surface area contributed by atoms with E-state index in [0.717, 1.165) is 11.3 Å². The largest absolute Gasteiger partial charge is 0.484 e. The molecule has 29 heavy (non-hydrogen) atoms. The molecule has 0 unspecified atom stereocenters. The van der Waals surface area contributed by atoms with Gasteiger partial charge < -0.3 is 19.1 Å². The molecule has 0 saturated carbocycles. The molecule has 0 radical (unpaired) electrons. The predicted octanol–water partition coefficient (Wildman–Crippen LogP) is 2.91. The van der Waals surface area contributed by atoms with Crippen LogP contribution < -0.4 is 9.64 Å². The van der Waals surface area contributed by atoms with Crippen LogP contribution in [0.15, 0.2) is 53.1 Å². The number of halogens is 1. The Labute approximate surface area is 167 Å². The van der Waals surface area contributed by atoms with Crippen LogP contribution in [0.5, 0.6) is 5.75 Å². The minimum Gasteiger partial charge on any atom is -0.484 e. The van der Waals surface area contributed by atoms with Gasteiger partial charge in [0, 0.05) is 44.4 Å². The summed E-state index contributed by atoms with van der Waals surface area (Å²) < 4.78 is 23.7. The molecule has 1 aromatic heterocycles. The fraction of sp³-hybridized carbons (Fsp3) is 0.286. The summed E-state index contributed by atoms with van der Waals surface area (Å²) in [6, 6.07) is 13.6. The molecule has 3 aromatic rings. The van der Waals surface area contributed by atoms with E-state index < -0.39 is 0 Å². The topological polar surface area (TPSA) is 71.7 Å². The molecule has 1 amide bonds. The normalized spacial score (nSPS) is 14.1. The second-order valence-electron chi connectivity index (χ2n) is 6.79. The van der Waals surface area contributed by atoms with Gasteiger partial charge in [-0.25, -0.2) is 4.39 Å². The Balaban J connectivity index is 1.26. The first-order valence-corrected chi connectivity index (χ1v) is 9.40. The summed E-state index contributed by atoms with van der Waals surface area (Å²) in [5.41, 5.74) is 1.78. The van der Waals surface area contributed by atoms with Gasteiger partial charge in [-0.05, 0) is 48.5 Å². The second-order valence-corrected chi connectivity index (χ2v) is 6.79. The van der Waals surface area contributed by atoms with E-state index in [1.807, 2.05) is 12.1 Å². The third kappa shape index (κ3) is 4.53. The maximum absolute atomic E-state index is 13.1. The number of ether oxygens (including phenoxy) is 1. The van der Waals surface area contributed by atoms with Gasteiger partial charge in [-0.1, -0.05) is 5.16 Å². The number of nitrogens with zero attached hydrogens (tertiary/aromatic N) is 4. The molecule has 2 aromatic carbocycles. The molecule has 0 spiro atoms. The number of hydrogen-bond donors (Lipinski definition) is 0. The zero-order valence-corrected chi connectivity index (χ0v) is 16.0. The van der Waals surface area contributed by atoms with Crippen molar-refractivity contribution in [3.8, 4) is 17.1 Å². The summed E-state index contributed by atoms with van der Waals surface area (Å²) >= 11 is 0. The van der Waals surface area contributed by atoms with Crippen molar-refractivity contribution in [3.63, 3.8) is 0 Å². The van der Waals surface area contributed by atoms with Crippen LogP contribution in [0.2, 0.25) is 0 Å². The van der Waals surface area contributed by atoms with Crippen molar-refractivity contribution in [2.45, 2.75) is 6.92 Å². The van der Waals surface area contributed by atoms with Gasteiger partial charge in [0.2, 0.25) is 11.7 Å². The van der Waals surface area contributed by atoms with Gasteiger partial charge in [-0.15, -0.1) is 0 Å². The average Bonchev–Trinajstić information content (AvgIpc) is 3.19. The lowest BCUT2D eigenvalue weighted by molar-refractivity contribution is -0.133. The molecule has 8 heteroatoms. The fourth-order valence-electron chi connectivity index (χ4n) is 3.22. The molecule has 1 aliphatic heterocycles. The van der Waals surface area contributed by atoms with Crippen LogP contribution in [0.25, 0.3) is 11.4 Å². The van der Waals surface area contributed by atoms with Crippen molar-refractivity contribution >= 4 is 11.6 Å². The lowest BCUT2D eigenvalue weighted by atomic mass is 10.2. The van der Waals surface area contributed by atoms with Gasteiger partial charge in [-0.2, -0.15) is 4.98 Å². The average molecular weight is 396 g/mol. The number of aromatic nitrogens is 2. The van der Waals surface area contributed by atoms with Crippen LogP contribution in [-0.2, 0) is 4.79 Å². The van der Waals surface area contributed by atoms with Crippen molar-refractivity contribution in [2.24, 2.45) is 0 Å². The van der Waals surface area contributed by atoms with Crippen LogP contribution in [0.1, 0.15) is 5.89 Å². The highest BCUT2D eigenvalue weighted by Crippen LogP contribution is 2.20. The van der Waals surface area contributed by atoms with E-state index in [4.69, 9.17) is 9.26 Å². The molecule has 0 aliphatic carbocycles. The first kappa shape index (κ1) is 18.9. The van der Waals surface area contributed by atoms with Crippen LogP contribution in [0, 0.1) is 12.7 Å². The lowest BCUT2D eigenvalue weighted by Gasteiger charge is -2.36. The number of anilines is 1. The first-order chi connectivity index (χ1) is 14.1. The Morgan fingerprint density at radius 3 is 2.38 bits per heavy atom. The molecule has 7 nitrogen and oxygen atoms in total. The maximum atomic E-state index is 13.1. The summed E-state index contributed by atoms with van der Waals surface area (Å²) in [6.45, 7) is 4.34. The van der Waals surface area contributed by atoms with Gasteiger partial charge in [-0.3, -0.25) is 4.79 Å². The zero-order valence-electron chi connectivity index (χ0n) is 16.0. The zero-order chi connectivity index (χ0) is 20.2. The highest BCUT2D eigenvalue weighted by molar-refractivity contribution is 5.78. The smallest absolute Gasteiger partial charge is 0.260 e. The van der Waals surface area contributed by atoms with Crippen molar-refractivity contribution in [3.05, 3.63) is 60.2 Å². The number of rotatable bonds is 5. The predicted molar refractivity (Wildman–Crippen MR) is 105 cm³/mol. The summed E-state index contributed by atoms with van der Waals surface area (Å²) in [5, 5.41) is 3.87. The van der Waals surface area contributed by atoms with E-state index >= 15 is 0 Å². The molecule has 0 atom stereocenters.